The lowest BCUT2D eigenvalue weighted by molar-refractivity contribution is 0.582. The van der Waals surface area contributed by atoms with E-state index in [1.807, 2.05) is 48.6 Å². The SMILES string of the molecule is [C]1=C/C=C/C=C/C=C/C=C\C=C\C=C\CCCCCCCCC/1. The normalized spacial score (nSPS) is 28.9. The maximum atomic E-state index is 3.34. The van der Waals surface area contributed by atoms with Gasteiger partial charge in [0, 0.05) is 0 Å². The third-order valence-electron chi connectivity index (χ3n) is 3.65. The van der Waals surface area contributed by atoms with Crippen molar-refractivity contribution in [2.45, 2.75) is 57.8 Å². The van der Waals surface area contributed by atoms with E-state index in [-0.39, 0.29) is 0 Å². The summed E-state index contributed by atoms with van der Waals surface area (Å²) in [6, 6.07) is 0. The summed E-state index contributed by atoms with van der Waals surface area (Å²) in [7, 11) is 0. The Hall–Kier alpha value is -1.82. The van der Waals surface area contributed by atoms with Gasteiger partial charge in [-0.2, -0.15) is 0 Å². The highest BCUT2D eigenvalue weighted by Crippen LogP contribution is 2.10. The molecule has 0 spiro atoms. The molecule has 0 heteroatoms. The molecule has 123 valence electrons. The average molecular weight is 308 g/mol. The molecule has 0 N–H and O–H groups in total. The van der Waals surface area contributed by atoms with Crippen LogP contribution in [0.25, 0.3) is 0 Å². The van der Waals surface area contributed by atoms with E-state index >= 15 is 0 Å². The largest absolute Gasteiger partial charge is 0.0845 e. The van der Waals surface area contributed by atoms with Crippen LogP contribution in [-0.2, 0) is 0 Å². The van der Waals surface area contributed by atoms with E-state index in [2.05, 4.69) is 36.5 Å². The van der Waals surface area contributed by atoms with Gasteiger partial charge in [0.15, 0.2) is 0 Å². The van der Waals surface area contributed by atoms with Gasteiger partial charge in [-0.1, -0.05) is 111 Å². The first-order valence-electron chi connectivity index (χ1n) is 9.05. The van der Waals surface area contributed by atoms with Crippen molar-refractivity contribution in [1.82, 2.24) is 0 Å². The number of allylic oxidation sites excluding steroid dienone is 14. The Kier molecular flexibility index (Phi) is 13.8. The van der Waals surface area contributed by atoms with E-state index in [1.165, 1.54) is 51.4 Å². The van der Waals surface area contributed by atoms with Crippen LogP contribution >= 0.6 is 0 Å². The van der Waals surface area contributed by atoms with Crippen molar-refractivity contribution in [2.24, 2.45) is 0 Å². The van der Waals surface area contributed by atoms with E-state index in [9.17, 15) is 0 Å². The summed E-state index contributed by atoms with van der Waals surface area (Å²) in [6.45, 7) is 0. The highest BCUT2D eigenvalue weighted by atomic mass is 14.0. The third-order valence-corrected chi connectivity index (χ3v) is 3.65. The highest BCUT2D eigenvalue weighted by molar-refractivity contribution is 5.20. The van der Waals surface area contributed by atoms with Crippen LogP contribution in [0.2, 0.25) is 0 Å². The Bertz CT molecular complexity index is 410. The lowest BCUT2D eigenvalue weighted by atomic mass is 10.1. The zero-order valence-corrected chi connectivity index (χ0v) is 14.4. The Labute approximate surface area is 143 Å². The molecule has 0 saturated heterocycles. The molecule has 1 aliphatic rings. The van der Waals surface area contributed by atoms with Crippen molar-refractivity contribution in [3.05, 3.63) is 85.1 Å². The van der Waals surface area contributed by atoms with Crippen molar-refractivity contribution in [2.75, 3.05) is 0 Å². The van der Waals surface area contributed by atoms with Crippen molar-refractivity contribution in [1.29, 1.82) is 0 Å². The number of rotatable bonds is 0. The molecule has 0 aliphatic heterocycles. The van der Waals surface area contributed by atoms with Gasteiger partial charge >= 0.3 is 0 Å². The van der Waals surface area contributed by atoms with Gasteiger partial charge < -0.3 is 0 Å². The molecule has 0 saturated carbocycles. The summed E-state index contributed by atoms with van der Waals surface area (Å²) >= 11 is 0. The smallest absolute Gasteiger partial charge is 0.0276 e. The fourth-order valence-corrected chi connectivity index (χ4v) is 2.33. The van der Waals surface area contributed by atoms with Gasteiger partial charge in [-0.15, -0.1) is 0 Å². The minimum absolute atomic E-state index is 1.08. The molecule has 1 rings (SSSR count). The molecule has 1 radical (unpaired) electrons. The van der Waals surface area contributed by atoms with Gasteiger partial charge in [0.2, 0.25) is 0 Å². The monoisotopic (exact) mass is 307 g/mol. The van der Waals surface area contributed by atoms with Gasteiger partial charge in [-0.05, 0) is 31.8 Å². The number of hydrogen-bond donors (Lipinski definition) is 0. The average Bonchev–Trinajstić information content (AvgIpc) is 2.56. The zero-order valence-electron chi connectivity index (χ0n) is 14.4. The summed E-state index contributed by atoms with van der Waals surface area (Å²) in [6.07, 6.45) is 42.0. The van der Waals surface area contributed by atoms with Gasteiger partial charge in [0.25, 0.3) is 0 Å². The van der Waals surface area contributed by atoms with E-state index in [4.69, 9.17) is 0 Å². The first-order valence-corrected chi connectivity index (χ1v) is 9.05. The van der Waals surface area contributed by atoms with E-state index in [1.54, 1.807) is 0 Å². The first-order chi connectivity index (χ1) is 11.5. The summed E-state index contributed by atoms with van der Waals surface area (Å²) in [4.78, 5) is 0. The molecular weight excluding hydrogens is 276 g/mol. The minimum atomic E-state index is 1.08. The van der Waals surface area contributed by atoms with Gasteiger partial charge in [0.1, 0.15) is 0 Å². The van der Waals surface area contributed by atoms with Crippen molar-refractivity contribution in [3.8, 4) is 0 Å². The summed E-state index contributed by atoms with van der Waals surface area (Å²) < 4.78 is 0. The standard InChI is InChI=1S/C23H31/c1-2-4-6-8-10-12-14-16-18-20-22-23-21-19-17-15-13-11-9-7-5-3-1/h1-13H,14,16-23H2/b3-1+,4-2-,7-5+,8-6+,11-9+,12-10+,15-13?. The topological polar surface area (TPSA) is 0 Å². The molecule has 0 aromatic rings. The lowest BCUT2D eigenvalue weighted by Gasteiger charge is -1.99. The first kappa shape index (κ1) is 19.2. The van der Waals surface area contributed by atoms with Crippen LogP contribution in [0.3, 0.4) is 0 Å². The Balaban J connectivity index is 2.39. The van der Waals surface area contributed by atoms with E-state index < -0.39 is 0 Å². The highest BCUT2D eigenvalue weighted by Gasteiger charge is 1.90. The zero-order chi connectivity index (χ0) is 16.3. The second-order valence-corrected chi connectivity index (χ2v) is 5.74. The maximum Gasteiger partial charge on any atom is -0.0276 e. The Morgan fingerprint density at radius 1 is 0.435 bits per heavy atom. The van der Waals surface area contributed by atoms with Gasteiger partial charge in [0.05, 0.1) is 0 Å². The van der Waals surface area contributed by atoms with Crippen LogP contribution in [0.4, 0.5) is 0 Å². The maximum absolute atomic E-state index is 3.34. The lowest BCUT2D eigenvalue weighted by Crippen LogP contribution is -1.80. The molecule has 23 heavy (non-hydrogen) atoms. The van der Waals surface area contributed by atoms with Crippen molar-refractivity contribution < 1.29 is 0 Å². The molecule has 1 aliphatic carbocycles. The second kappa shape index (κ2) is 16.5. The van der Waals surface area contributed by atoms with Crippen LogP contribution in [0.15, 0.2) is 79.0 Å². The summed E-state index contributed by atoms with van der Waals surface area (Å²) in [5.41, 5.74) is 0. The van der Waals surface area contributed by atoms with Crippen LogP contribution in [0.5, 0.6) is 0 Å². The molecule has 0 atom stereocenters. The van der Waals surface area contributed by atoms with Gasteiger partial charge in [-0.25, -0.2) is 0 Å². The minimum Gasteiger partial charge on any atom is -0.0845 e. The Morgan fingerprint density at radius 3 is 1.57 bits per heavy atom. The molecule has 0 bridgehead atoms. The quantitative estimate of drug-likeness (QED) is 0.443. The van der Waals surface area contributed by atoms with Crippen LogP contribution in [0, 0.1) is 6.08 Å². The predicted octanol–water partition coefficient (Wildman–Crippen LogP) is 7.21. The summed E-state index contributed by atoms with van der Waals surface area (Å²) in [5, 5.41) is 0. The molecule has 0 fully saturated rings. The van der Waals surface area contributed by atoms with Crippen LogP contribution in [0.1, 0.15) is 57.8 Å². The number of hydrogen-bond acceptors (Lipinski definition) is 0. The molecule has 0 nitrogen and oxygen atoms in total. The van der Waals surface area contributed by atoms with Crippen molar-refractivity contribution >= 4 is 0 Å². The fraction of sp³-hybridized carbons (Fsp3) is 0.391. The van der Waals surface area contributed by atoms with Gasteiger partial charge in [-0.3, -0.25) is 0 Å². The molecule has 0 unspecified atom stereocenters. The summed E-state index contributed by atoms with van der Waals surface area (Å²) in [5.74, 6) is 0. The van der Waals surface area contributed by atoms with Crippen LogP contribution < -0.4 is 0 Å². The van der Waals surface area contributed by atoms with E-state index in [0.717, 1.165) is 6.42 Å². The van der Waals surface area contributed by atoms with Crippen LogP contribution in [-0.4, -0.2) is 0 Å². The molecule has 0 aromatic heterocycles. The molecule has 0 aromatic carbocycles. The molecule has 0 amide bonds. The van der Waals surface area contributed by atoms with Crippen molar-refractivity contribution in [3.63, 3.8) is 0 Å². The van der Waals surface area contributed by atoms with E-state index in [0.29, 0.717) is 0 Å². The Morgan fingerprint density at radius 2 is 0.913 bits per heavy atom. The fourth-order valence-electron chi connectivity index (χ4n) is 2.33. The predicted molar refractivity (Wildman–Crippen MR) is 104 cm³/mol. The molecular formula is C23H31. The third kappa shape index (κ3) is 14.9. The second-order valence-electron chi connectivity index (χ2n) is 5.74. The molecule has 0 heterocycles.